The van der Waals surface area contributed by atoms with Crippen molar-refractivity contribution < 1.29 is 14.6 Å². The Morgan fingerprint density at radius 1 is 1.04 bits per heavy atom. The summed E-state index contributed by atoms with van der Waals surface area (Å²) in [7, 11) is 0. The molecule has 1 N–H and O–H groups in total. The highest BCUT2D eigenvalue weighted by Gasteiger charge is 2.45. The van der Waals surface area contributed by atoms with Crippen molar-refractivity contribution in [3.05, 3.63) is 83.6 Å². The van der Waals surface area contributed by atoms with Gasteiger partial charge in [0.15, 0.2) is 0 Å². The topological polar surface area (TPSA) is 46.5 Å². The van der Waals surface area contributed by atoms with Gasteiger partial charge in [0.1, 0.15) is 11.4 Å². The van der Waals surface area contributed by atoms with Crippen molar-refractivity contribution in [3.63, 3.8) is 0 Å². The average Bonchev–Trinajstić information content (AvgIpc) is 2.61. The molecule has 3 rings (SSSR count). The van der Waals surface area contributed by atoms with Crippen LogP contribution in [0.2, 0.25) is 0 Å². The van der Waals surface area contributed by atoms with Crippen LogP contribution >= 0.6 is 0 Å². The van der Waals surface area contributed by atoms with Crippen LogP contribution < -0.4 is 0 Å². The average molecular weight is 336 g/mol. The molecule has 0 saturated heterocycles. The maximum Gasteiger partial charge on any atom is 0.310 e. The maximum absolute atomic E-state index is 11.6. The van der Waals surface area contributed by atoms with Crippen LogP contribution in [0.15, 0.2) is 72.5 Å². The Hall–Kier alpha value is -2.55. The van der Waals surface area contributed by atoms with E-state index < -0.39 is 22.9 Å². The summed E-state index contributed by atoms with van der Waals surface area (Å²) in [4.78, 5) is 11.6. The Bertz CT molecular complexity index is 736. The normalized spacial score (nSPS) is 19.6. The third-order valence-electron chi connectivity index (χ3n) is 5.24. The standard InChI is InChI=1S/C22H24O3/c1-21(2)18(20(23)24)14-15-19(25-21)22(3,16-10-6-4-7-11-16)17-12-8-5-9-13-17/h4-13,15,18H,14H2,1-3H3,(H,23,24). The van der Waals surface area contributed by atoms with Gasteiger partial charge in [-0.3, -0.25) is 4.79 Å². The predicted octanol–water partition coefficient (Wildman–Crippen LogP) is 4.78. The molecule has 0 spiro atoms. The van der Waals surface area contributed by atoms with Gasteiger partial charge in [-0.15, -0.1) is 0 Å². The van der Waals surface area contributed by atoms with Crippen LogP contribution in [0, 0.1) is 5.92 Å². The molecule has 2 aromatic rings. The highest BCUT2D eigenvalue weighted by atomic mass is 16.5. The van der Waals surface area contributed by atoms with Crippen molar-refractivity contribution in [2.24, 2.45) is 5.92 Å². The minimum Gasteiger partial charge on any atom is -0.490 e. The first kappa shape index (κ1) is 17.3. The van der Waals surface area contributed by atoms with Crippen molar-refractivity contribution in [2.45, 2.75) is 38.2 Å². The summed E-state index contributed by atoms with van der Waals surface area (Å²) in [6.45, 7) is 5.85. The van der Waals surface area contributed by atoms with Crippen LogP contribution in [0.1, 0.15) is 38.3 Å². The van der Waals surface area contributed by atoms with Crippen LogP contribution in [0.4, 0.5) is 0 Å². The third kappa shape index (κ3) is 3.07. The summed E-state index contributed by atoms with van der Waals surface area (Å²) in [5.74, 6) is -0.555. The summed E-state index contributed by atoms with van der Waals surface area (Å²) in [6, 6.07) is 20.4. The molecule has 0 aromatic heterocycles. The zero-order valence-corrected chi connectivity index (χ0v) is 14.9. The van der Waals surface area contributed by atoms with Gasteiger partial charge in [0.2, 0.25) is 0 Å². The number of allylic oxidation sites excluding steroid dienone is 2. The van der Waals surface area contributed by atoms with E-state index in [0.717, 1.165) is 16.9 Å². The zero-order chi connectivity index (χ0) is 18.1. The molecule has 0 aliphatic carbocycles. The molecule has 3 heteroatoms. The summed E-state index contributed by atoms with van der Waals surface area (Å²) in [5, 5.41) is 9.49. The first-order valence-corrected chi connectivity index (χ1v) is 8.59. The smallest absolute Gasteiger partial charge is 0.310 e. The molecular weight excluding hydrogens is 312 g/mol. The zero-order valence-electron chi connectivity index (χ0n) is 14.9. The van der Waals surface area contributed by atoms with Gasteiger partial charge in [0.25, 0.3) is 0 Å². The number of carboxylic acids is 1. The van der Waals surface area contributed by atoms with Crippen molar-refractivity contribution in [1.29, 1.82) is 0 Å². The molecule has 1 heterocycles. The minimum atomic E-state index is -0.818. The molecule has 2 aromatic carbocycles. The van der Waals surface area contributed by atoms with Crippen LogP contribution in [0.5, 0.6) is 0 Å². The number of carboxylic acid groups (broad SMARTS) is 1. The van der Waals surface area contributed by atoms with E-state index in [1.165, 1.54) is 0 Å². The second-order valence-electron chi connectivity index (χ2n) is 7.26. The molecule has 1 aliphatic heterocycles. The van der Waals surface area contributed by atoms with Crippen molar-refractivity contribution in [2.75, 3.05) is 0 Å². The fourth-order valence-corrected chi connectivity index (χ4v) is 3.60. The third-order valence-corrected chi connectivity index (χ3v) is 5.24. The van der Waals surface area contributed by atoms with Gasteiger partial charge in [0, 0.05) is 0 Å². The maximum atomic E-state index is 11.6. The van der Waals surface area contributed by atoms with Crippen LogP contribution in [0.3, 0.4) is 0 Å². The van der Waals surface area contributed by atoms with E-state index in [9.17, 15) is 9.90 Å². The van der Waals surface area contributed by atoms with Crippen LogP contribution in [0.25, 0.3) is 0 Å². The highest BCUT2D eigenvalue weighted by Crippen LogP contribution is 2.45. The Labute approximate surface area is 149 Å². The van der Waals surface area contributed by atoms with Gasteiger partial charge in [0.05, 0.1) is 11.3 Å². The Kier molecular flexibility index (Phi) is 4.42. The van der Waals surface area contributed by atoms with Crippen LogP contribution in [-0.4, -0.2) is 16.7 Å². The minimum absolute atomic E-state index is 0.465. The lowest BCUT2D eigenvalue weighted by Crippen LogP contribution is -2.44. The van der Waals surface area contributed by atoms with Gasteiger partial charge in [-0.2, -0.15) is 0 Å². The van der Waals surface area contributed by atoms with E-state index in [1.807, 2.05) is 56.3 Å². The van der Waals surface area contributed by atoms with E-state index >= 15 is 0 Å². The predicted molar refractivity (Wildman–Crippen MR) is 98.3 cm³/mol. The van der Waals surface area contributed by atoms with E-state index in [2.05, 4.69) is 31.2 Å². The second kappa shape index (κ2) is 6.40. The van der Waals surface area contributed by atoms with Crippen LogP contribution in [-0.2, 0) is 14.9 Å². The molecule has 0 amide bonds. The van der Waals surface area contributed by atoms with Gasteiger partial charge < -0.3 is 9.84 Å². The summed E-state index contributed by atoms with van der Waals surface area (Å²) in [5.41, 5.74) is 1.01. The number of carbonyl (C=O) groups is 1. The van der Waals surface area contributed by atoms with Gasteiger partial charge in [-0.1, -0.05) is 60.7 Å². The van der Waals surface area contributed by atoms with Gasteiger partial charge in [-0.25, -0.2) is 0 Å². The Morgan fingerprint density at radius 2 is 1.52 bits per heavy atom. The molecule has 0 bridgehead atoms. The summed E-state index contributed by atoms with van der Waals surface area (Å²) in [6.07, 6.45) is 2.41. The number of rotatable bonds is 4. The molecule has 0 saturated carbocycles. The van der Waals surface area contributed by atoms with E-state index in [1.54, 1.807) is 0 Å². The first-order chi connectivity index (χ1) is 11.9. The lowest BCUT2D eigenvalue weighted by Gasteiger charge is -2.43. The number of hydrogen-bond donors (Lipinski definition) is 1. The second-order valence-corrected chi connectivity index (χ2v) is 7.26. The van der Waals surface area contributed by atoms with Crippen molar-refractivity contribution >= 4 is 5.97 Å². The summed E-state index contributed by atoms with van der Waals surface area (Å²) < 4.78 is 6.30. The molecule has 0 fully saturated rings. The number of aliphatic carboxylic acids is 1. The lowest BCUT2D eigenvalue weighted by molar-refractivity contribution is -0.153. The molecule has 1 aliphatic rings. The fourth-order valence-electron chi connectivity index (χ4n) is 3.60. The molecule has 130 valence electrons. The number of hydrogen-bond acceptors (Lipinski definition) is 2. The van der Waals surface area contributed by atoms with E-state index in [-0.39, 0.29) is 0 Å². The monoisotopic (exact) mass is 336 g/mol. The molecule has 3 nitrogen and oxygen atoms in total. The first-order valence-electron chi connectivity index (χ1n) is 8.59. The van der Waals surface area contributed by atoms with Gasteiger partial charge >= 0.3 is 5.97 Å². The SMILES string of the molecule is CC(C1=CCC(C(=O)O)C(C)(C)O1)(c1ccccc1)c1ccccc1. The Balaban J connectivity index is 2.13. The molecule has 25 heavy (non-hydrogen) atoms. The molecule has 0 radical (unpaired) electrons. The largest absolute Gasteiger partial charge is 0.490 e. The quantitative estimate of drug-likeness (QED) is 0.874. The summed E-state index contributed by atoms with van der Waals surface area (Å²) >= 11 is 0. The molecule has 1 atom stereocenters. The number of ether oxygens (including phenoxy) is 1. The number of benzene rings is 2. The fraction of sp³-hybridized carbons (Fsp3) is 0.318. The molecule has 1 unspecified atom stereocenters. The molecular formula is C22H24O3. The lowest BCUT2D eigenvalue weighted by atomic mass is 9.72. The van der Waals surface area contributed by atoms with E-state index in [4.69, 9.17) is 4.74 Å². The van der Waals surface area contributed by atoms with E-state index in [0.29, 0.717) is 6.42 Å². The highest BCUT2D eigenvalue weighted by molar-refractivity contribution is 5.72. The van der Waals surface area contributed by atoms with Crippen molar-refractivity contribution in [3.8, 4) is 0 Å². The van der Waals surface area contributed by atoms with Crippen molar-refractivity contribution in [1.82, 2.24) is 0 Å². The van der Waals surface area contributed by atoms with Gasteiger partial charge in [-0.05, 0) is 44.4 Å². The Morgan fingerprint density at radius 3 is 1.92 bits per heavy atom.